The lowest BCUT2D eigenvalue weighted by Gasteiger charge is -2.32. The Morgan fingerprint density at radius 3 is 1.11 bits per heavy atom. The van der Waals surface area contributed by atoms with Crippen molar-refractivity contribution in [1.29, 1.82) is 0 Å². The van der Waals surface area contributed by atoms with E-state index in [1.165, 1.54) is 89.9 Å². The van der Waals surface area contributed by atoms with Gasteiger partial charge in [-0.2, -0.15) is 0 Å². The molecule has 9 nitrogen and oxygen atoms in total. The van der Waals surface area contributed by atoms with Crippen molar-refractivity contribution in [2.24, 2.45) is 5.41 Å². The molecule has 0 rings (SSSR count). The summed E-state index contributed by atoms with van der Waals surface area (Å²) in [6.07, 6.45) is 18.8. The van der Waals surface area contributed by atoms with Gasteiger partial charge in [0.25, 0.3) is 0 Å². The Kier molecular flexibility index (Phi) is 31.0. The maximum Gasteiger partial charge on any atom is 0.100 e. The fourth-order valence-electron chi connectivity index (χ4n) is 4.10. The summed E-state index contributed by atoms with van der Waals surface area (Å²) in [5, 5.41) is 72.1. The minimum absolute atomic E-state index is 0.0342. The molecule has 0 radical (unpaired) electrons. The van der Waals surface area contributed by atoms with Gasteiger partial charge >= 0.3 is 0 Å². The molecule has 0 aromatic rings. The van der Waals surface area contributed by atoms with Crippen LogP contribution in [0.2, 0.25) is 0 Å². The molecule has 0 aliphatic rings. The highest BCUT2D eigenvalue weighted by Crippen LogP contribution is 2.25. The van der Waals surface area contributed by atoms with E-state index in [0.717, 1.165) is 12.8 Å². The van der Waals surface area contributed by atoms with Crippen LogP contribution in [-0.4, -0.2) is 105 Å². The average Bonchev–Trinajstić information content (AvgIpc) is 2.94. The van der Waals surface area contributed by atoms with Crippen molar-refractivity contribution in [1.82, 2.24) is 0 Å². The molecule has 0 fully saturated rings. The summed E-state index contributed by atoms with van der Waals surface area (Å²) in [5.74, 6) is 0. The van der Waals surface area contributed by atoms with Gasteiger partial charge in [0, 0.05) is 0 Å². The Hall–Kier alpha value is -0.360. The van der Waals surface area contributed by atoms with Crippen LogP contribution in [0.1, 0.15) is 116 Å². The Morgan fingerprint density at radius 1 is 0.500 bits per heavy atom. The average molecular weight is 555 g/mol. The van der Waals surface area contributed by atoms with Crippen LogP contribution < -0.4 is 0 Å². The molecule has 3 unspecified atom stereocenters. The topological polar surface area (TPSA) is 171 Å². The summed E-state index contributed by atoms with van der Waals surface area (Å²) in [5.41, 5.74) is -1.16. The van der Waals surface area contributed by atoms with Gasteiger partial charge in [-0.3, -0.25) is 0 Å². The predicted octanol–water partition coefficient (Wildman–Crippen LogP) is 2.67. The zero-order valence-electron chi connectivity index (χ0n) is 24.2. The minimum Gasteiger partial charge on any atom is -0.396 e. The van der Waals surface area contributed by atoms with Crippen molar-refractivity contribution in [2.75, 3.05) is 46.2 Å². The van der Waals surface area contributed by atoms with Gasteiger partial charge in [-0.1, -0.05) is 110 Å². The molecule has 0 aliphatic heterocycles. The third-order valence-electron chi connectivity index (χ3n) is 7.02. The van der Waals surface area contributed by atoms with Gasteiger partial charge < -0.3 is 45.6 Å². The van der Waals surface area contributed by atoms with Crippen LogP contribution in [0.15, 0.2) is 0 Å². The molecule has 3 atom stereocenters. The third-order valence-corrected chi connectivity index (χ3v) is 7.02. The second-order valence-electron chi connectivity index (χ2n) is 10.7. The van der Waals surface area contributed by atoms with Gasteiger partial charge in [-0.15, -0.1) is 0 Å². The van der Waals surface area contributed by atoms with Crippen LogP contribution >= 0.6 is 0 Å². The zero-order chi connectivity index (χ0) is 28.9. The molecule has 8 N–H and O–H groups in total. The Labute approximate surface area is 231 Å². The number of unbranched alkanes of at least 4 members (excludes halogenated alkanes) is 15. The van der Waals surface area contributed by atoms with Crippen LogP contribution in [0.5, 0.6) is 0 Å². The highest BCUT2D eigenvalue weighted by molar-refractivity contribution is 4.84. The fraction of sp³-hybridized carbons (Fsp3) is 1.00. The minimum atomic E-state index is -1.16. The first-order valence-corrected chi connectivity index (χ1v) is 15.0. The number of rotatable bonds is 27. The highest BCUT2D eigenvalue weighted by atomic mass is 16.5. The van der Waals surface area contributed by atoms with Crippen LogP contribution in [0.4, 0.5) is 0 Å². The van der Waals surface area contributed by atoms with E-state index in [1.54, 1.807) is 0 Å². The van der Waals surface area contributed by atoms with Crippen molar-refractivity contribution in [3.63, 3.8) is 0 Å². The molecule has 0 saturated heterocycles. The standard InChI is InChI=1S/C23H48O4.C6H14O5/c1-2-3-4-5-6-7-8-9-10-11-12-13-14-15-16-17-18-22(27)23(19-24,20-25)21-26;7-1-5(9)3-11-4-6(10)2-8/h22,24-27H,2-21H2,1H3;5-10H,1-4H2. The van der Waals surface area contributed by atoms with Crippen molar-refractivity contribution in [3.05, 3.63) is 0 Å². The monoisotopic (exact) mass is 554 g/mol. The van der Waals surface area contributed by atoms with Crippen molar-refractivity contribution < 1.29 is 45.6 Å². The van der Waals surface area contributed by atoms with Crippen LogP contribution in [-0.2, 0) is 4.74 Å². The first-order chi connectivity index (χ1) is 18.4. The Morgan fingerprint density at radius 2 is 0.816 bits per heavy atom. The number of aliphatic hydroxyl groups is 8. The largest absolute Gasteiger partial charge is 0.396 e. The third kappa shape index (κ3) is 23.5. The smallest absolute Gasteiger partial charge is 0.100 e. The van der Waals surface area contributed by atoms with Gasteiger partial charge in [0.1, 0.15) is 12.2 Å². The number of aliphatic hydroxyl groups excluding tert-OH is 8. The van der Waals surface area contributed by atoms with Crippen LogP contribution in [0.3, 0.4) is 0 Å². The predicted molar refractivity (Wildman–Crippen MR) is 151 cm³/mol. The van der Waals surface area contributed by atoms with Gasteiger partial charge in [-0.25, -0.2) is 0 Å². The summed E-state index contributed by atoms with van der Waals surface area (Å²) >= 11 is 0. The molecule has 0 saturated carbocycles. The molecular weight excluding hydrogens is 492 g/mol. The van der Waals surface area contributed by atoms with Crippen molar-refractivity contribution >= 4 is 0 Å². The SMILES string of the molecule is CCCCCCCCCCCCCCCCCCC(O)C(CO)(CO)CO.OCC(O)COCC(O)CO. The highest BCUT2D eigenvalue weighted by Gasteiger charge is 2.36. The second-order valence-corrected chi connectivity index (χ2v) is 10.7. The molecule has 232 valence electrons. The van der Waals surface area contributed by atoms with Gasteiger partial charge in [0.2, 0.25) is 0 Å². The quantitative estimate of drug-likeness (QED) is 0.0711. The van der Waals surface area contributed by atoms with E-state index in [9.17, 15) is 20.4 Å². The van der Waals surface area contributed by atoms with Crippen LogP contribution in [0, 0.1) is 5.41 Å². The van der Waals surface area contributed by atoms with E-state index in [4.69, 9.17) is 25.2 Å². The lowest BCUT2D eigenvalue weighted by Crippen LogP contribution is -2.45. The summed E-state index contributed by atoms with van der Waals surface area (Å²) in [7, 11) is 0. The first-order valence-electron chi connectivity index (χ1n) is 15.0. The van der Waals surface area contributed by atoms with Gasteiger partial charge in [-0.05, 0) is 6.42 Å². The lowest BCUT2D eigenvalue weighted by molar-refractivity contribution is -0.0863. The number of ether oxygens (including phenoxy) is 1. The summed E-state index contributed by atoms with van der Waals surface area (Å²) in [6.45, 7) is 0.301. The zero-order valence-corrected chi connectivity index (χ0v) is 24.2. The lowest BCUT2D eigenvalue weighted by atomic mass is 9.82. The Balaban J connectivity index is 0. The molecule has 0 aromatic carbocycles. The maximum absolute atomic E-state index is 10.1. The van der Waals surface area contributed by atoms with E-state index >= 15 is 0 Å². The molecular formula is C29H62O9. The van der Waals surface area contributed by atoms with E-state index in [2.05, 4.69) is 6.92 Å². The second kappa shape index (κ2) is 29.6. The van der Waals surface area contributed by atoms with Crippen molar-refractivity contribution in [2.45, 2.75) is 134 Å². The molecule has 0 spiro atoms. The molecule has 0 aromatic heterocycles. The summed E-state index contributed by atoms with van der Waals surface area (Å²) in [4.78, 5) is 0. The van der Waals surface area contributed by atoms with Crippen molar-refractivity contribution in [3.8, 4) is 0 Å². The van der Waals surface area contributed by atoms with Crippen LogP contribution in [0.25, 0.3) is 0 Å². The molecule has 0 bridgehead atoms. The number of hydrogen-bond acceptors (Lipinski definition) is 9. The van der Waals surface area contributed by atoms with E-state index in [0.29, 0.717) is 6.42 Å². The maximum atomic E-state index is 10.1. The number of hydrogen-bond donors (Lipinski definition) is 8. The van der Waals surface area contributed by atoms with E-state index in [1.807, 2.05) is 0 Å². The molecule has 0 amide bonds. The molecule has 0 aliphatic carbocycles. The van der Waals surface area contributed by atoms with E-state index < -0.39 is 23.7 Å². The molecule has 0 heterocycles. The molecule has 9 heteroatoms. The Bertz CT molecular complexity index is 432. The summed E-state index contributed by atoms with van der Waals surface area (Å²) in [6, 6.07) is 0. The fourth-order valence-corrected chi connectivity index (χ4v) is 4.10. The molecule has 38 heavy (non-hydrogen) atoms. The summed E-state index contributed by atoms with van der Waals surface area (Å²) < 4.78 is 4.72. The normalized spacial score (nSPS) is 14.1. The first kappa shape index (κ1) is 39.8. The van der Waals surface area contributed by atoms with Gasteiger partial charge in [0.15, 0.2) is 0 Å². The van der Waals surface area contributed by atoms with E-state index in [-0.39, 0.29) is 46.2 Å². The van der Waals surface area contributed by atoms with Gasteiger partial charge in [0.05, 0.1) is 57.8 Å².